The van der Waals surface area contributed by atoms with Crippen molar-refractivity contribution in [2.75, 3.05) is 0 Å². The molecule has 0 bridgehead atoms. The van der Waals surface area contributed by atoms with E-state index >= 15 is 0 Å². The van der Waals surface area contributed by atoms with Gasteiger partial charge in [0.1, 0.15) is 12.3 Å². The number of hydrogen-bond donors (Lipinski definition) is 0. The highest BCUT2D eigenvalue weighted by Crippen LogP contribution is 2.48. The van der Waals surface area contributed by atoms with Gasteiger partial charge in [-0.2, -0.15) is 0 Å². The first-order chi connectivity index (χ1) is 16.9. The van der Waals surface area contributed by atoms with Crippen LogP contribution in [0.15, 0.2) is 48.6 Å². The van der Waals surface area contributed by atoms with Crippen molar-refractivity contribution in [2.45, 2.75) is 116 Å². The maximum absolute atomic E-state index is 14.9. The summed E-state index contributed by atoms with van der Waals surface area (Å²) in [7, 11) is 0. The van der Waals surface area contributed by atoms with Crippen molar-refractivity contribution in [3.05, 3.63) is 59.7 Å². The molecule has 0 aliphatic heterocycles. The van der Waals surface area contributed by atoms with Gasteiger partial charge in [0.15, 0.2) is 6.17 Å². The molecule has 0 radical (unpaired) electrons. The molecule has 1 aromatic carbocycles. The molecule has 0 heterocycles. The van der Waals surface area contributed by atoms with Gasteiger partial charge in [-0.3, -0.25) is 0 Å². The summed E-state index contributed by atoms with van der Waals surface area (Å²) in [5.41, 5.74) is 1.69. The van der Waals surface area contributed by atoms with Gasteiger partial charge in [0.05, 0.1) is 6.61 Å². The highest BCUT2D eigenvalue weighted by Gasteiger charge is 2.44. The van der Waals surface area contributed by atoms with Crippen molar-refractivity contribution < 1.29 is 13.5 Å². The van der Waals surface area contributed by atoms with Crippen molar-refractivity contribution in [3.8, 4) is 0 Å². The molecular weight excluding hydrogens is 438 g/mol. The lowest BCUT2D eigenvalue weighted by Crippen LogP contribution is -2.45. The SMILES string of the molecule is C/C=C/CCC1(C)C=CC(OCc2ccc(C3CCC4CC(CCC)CCC4C3)cc2)C(F)C1F. The van der Waals surface area contributed by atoms with E-state index in [9.17, 15) is 8.78 Å². The number of halogens is 2. The van der Waals surface area contributed by atoms with Gasteiger partial charge in [-0.05, 0) is 86.7 Å². The molecule has 1 nitrogen and oxygen atoms in total. The largest absolute Gasteiger partial charge is 0.366 e. The molecule has 1 aromatic rings. The van der Waals surface area contributed by atoms with Gasteiger partial charge in [-0.15, -0.1) is 0 Å². The Bertz CT molecular complexity index is 846. The van der Waals surface area contributed by atoms with Crippen molar-refractivity contribution in [2.24, 2.45) is 23.2 Å². The summed E-state index contributed by atoms with van der Waals surface area (Å²) in [6.07, 6.45) is 16.0. The zero-order chi connectivity index (χ0) is 24.8. The van der Waals surface area contributed by atoms with Gasteiger partial charge in [0.25, 0.3) is 0 Å². The predicted molar refractivity (Wildman–Crippen MR) is 142 cm³/mol. The Morgan fingerprint density at radius 3 is 2.51 bits per heavy atom. The molecule has 3 aliphatic rings. The minimum Gasteiger partial charge on any atom is -0.366 e. The molecule has 0 saturated heterocycles. The first kappa shape index (κ1) is 26.6. The third kappa shape index (κ3) is 6.45. The van der Waals surface area contributed by atoms with Crippen molar-refractivity contribution >= 4 is 0 Å². The van der Waals surface area contributed by atoms with Crippen LogP contribution in [0, 0.1) is 23.2 Å². The van der Waals surface area contributed by atoms with E-state index in [1.807, 2.05) is 32.1 Å². The molecule has 0 spiro atoms. The minimum absolute atomic E-state index is 0.311. The van der Waals surface area contributed by atoms with Crippen LogP contribution in [-0.4, -0.2) is 18.4 Å². The highest BCUT2D eigenvalue weighted by molar-refractivity contribution is 5.26. The van der Waals surface area contributed by atoms with E-state index < -0.39 is 23.9 Å². The molecule has 0 amide bonds. The van der Waals surface area contributed by atoms with Crippen LogP contribution in [0.2, 0.25) is 0 Å². The summed E-state index contributed by atoms with van der Waals surface area (Å²) in [6.45, 7) is 6.39. The average molecular weight is 485 g/mol. The fourth-order valence-electron chi connectivity index (χ4n) is 7.01. The van der Waals surface area contributed by atoms with Crippen LogP contribution < -0.4 is 0 Å². The van der Waals surface area contributed by atoms with Crippen LogP contribution >= 0.6 is 0 Å². The van der Waals surface area contributed by atoms with E-state index in [1.54, 1.807) is 6.08 Å². The zero-order valence-electron chi connectivity index (χ0n) is 22.1. The number of hydrogen-bond acceptors (Lipinski definition) is 1. The van der Waals surface area contributed by atoms with Crippen molar-refractivity contribution in [1.82, 2.24) is 0 Å². The van der Waals surface area contributed by atoms with Gasteiger partial charge in [-0.25, -0.2) is 8.78 Å². The fraction of sp³-hybridized carbons (Fsp3) is 0.688. The molecule has 35 heavy (non-hydrogen) atoms. The summed E-state index contributed by atoms with van der Waals surface area (Å²) in [5, 5.41) is 0. The molecule has 0 aromatic heterocycles. The highest BCUT2D eigenvalue weighted by atomic mass is 19.2. The second-order valence-corrected chi connectivity index (χ2v) is 11.8. The van der Waals surface area contributed by atoms with Crippen LogP contribution in [0.3, 0.4) is 0 Å². The molecule has 194 valence electrons. The average Bonchev–Trinajstić information content (AvgIpc) is 2.87. The topological polar surface area (TPSA) is 9.23 Å². The van der Waals surface area contributed by atoms with Crippen LogP contribution in [0.25, 0.3) is 0 Å². The monoisotopic (exact) mass is 484 g/mol. The smallest absolute Gasteiger partial charge is 0.162 e. The molecule has 0 N–H and O–H groups in total. The fourth-order valence-corrected chi connectivity index (χ4v) is 7.01. The Hall–Kier alpha value is -1.48. The minimum atomic E-state index is -1.63. The number of rotatable bonds is 9. The summed E-state index contributed by atoms with van der Waals surface area (Å²) >= 11 is 0. The molecule has 3 aliphatic carbocycles. The van der Waals surface area contributed by atoms with Gasteiger partial charge >= 0.3 is 0 Å². The third-order valence-corrected chi connectivity index (χ3v) is 9.29. The lowest BCUT2D eigenvalue weighted by molar-refractivity contribution is -0.0482. The van der Waals surface area contributed by atoms with E-state index in [2.05, 4.69) is 31.2 Å². The van der Waals surface area contributed by atoms with Crippen LogP contribution in [0.1, 0.15) is 102 Å². The van der Waals surface area contributed by atoms with Gasteiger partial charge < -0.3 is 4.74 Å². The van der Waals surface area contributed by atoms with Gasteiger partial charge in [0.2, 0.25) is 0 Å². The summed E-state index contributed by atoms with van der Waals surface area (Å²) < 4.78 is 35.7. The summed E-state index contributed by atoms with van der Waals surface area (Å²) in [6, 6.07) is 8.72. The molecule has 2 fully saturated rings. The standard InChI is InChI=1S/C32H46F2O/c1-4-6-7-18-32(3)19-17-29(30(33)31(32)34)35-22-24-10-12-25(13-11-24)27-16-15-26-20-23(8-5-2)9-14-28(26)21-27/h4,6,10-13,17,19,23,26-31H,5,7-9,14-16,18,20-22H2,1-3H3/b6-4+. The maximum Gasteiger partial charge on any atom is 0.162 e. The molecule has 2 saturated carbocycles. The quantitative estimate of drug-likeness (QED) is 0.317. The normalized spacial score (nSPS) is 37.5. The molecule has 3 heteroatoms. The summed E-state index contributed by atoms with van der Waals surface area (Å²) in [5.74, 6) is 3.49. The molecule has 4 rings (SSSR count). The lowest BCUT2D eigenvalue weighted by atomic mass is 9.63. The van der Waals surface area contributed by atoms with E-state index in [0.29, 0.717) is 18.9 Å². The number of fused-ring (bicyclic) bond motifs is 1. The first-order valence-corrected chi connectivity index (χ1v) is 14.2. The van der Waals surface area contributed by atoms with Crippen LogP contribution in [0.5, 0.6) is 0 Å². The maximum atomic E-state index is 14.9. The van der Waals surface area contributed by atoms with E-state index in [0.717, 1.165) is 29.7 Å². The Morgan fingerprint density at radius 1 is 1.03 bits per heavy atom. The first-order valence-electron chi connectivity index (χ1n) is 14.2. The molecule has 8 unspecified atom stereocenters. The Morgan fingerprint density at radius 2 is 1.77 bits per heavy atom. The van der Waals surface area contributed by atoms with E-state index in [1.165, 1.54) is 56.9 Å². The number of ether oxygens (including phenoxy) is 1. The zero-order valence-corrected chi connectivity index (χ0v) is 22.1. The Labute approximate surface area is 212 Å². The summed E-state index contributed by atoms with van der Waals surface area (Å²) in [4.78, 5) is 0. The van der Waals surface area contributed by atoms with Crippen molar-refractivity contribution in [3.63, 3.8) is 0 Å². The predicted octanol–water partition coefficient (Wildman–Crippen LogP) is 9.28. The van der Waals surface area contributed by atoms with Gasteiger partial charge in [0, 0.05) is 5.41 Å². The van der Waals surface area contributed by atoms with E-state index in [-0.39, 0.29) is 0 Å². The third-order valence-electron chi connectivity index (χ3n) is 9.29. The second-order valence-electron chi connectivity index (χ2n) is 11.8. The Kier molecular flexibility index (Phi) is 9.24. The second kappa shape index (κ2) is 12.2. The van der Waals surface area contributed by atoms with E-state index in [4.69, 9.17) is 4.74 Å². The van der Waals surface area contributed by atoms with Crippen LogP contribution in [0.4, 0.5) is 8.78 Å². The molecule has 8 atom stereocenters. The number of benzene rings is 1. The lowest BCUT2D eigenvalue weighted by Gasteiger charge is -2.42. The number of alkyl halides is 2. The molecular formula is C32H46F2O. The number of allylic oxidation sites excluding steroid dienone is 3. The van der Waals surface area contributed by atoms with Gasteiger partial charge in [-0.1, -0.05) is 81.7 Å². The van der Waals surface area contributed by atoms with Crippen molar-refractivity contribution in [1.29, 1.82) is 0 Å². The Balaban J connectivity index is 1.28. The van der Waals surface area contributed by atoms with Crippen LogP contribution in [-0.2, 0) is 11.3 Å².